The smallest absolute Gasteiger partial charge is 0.193 e. The molecule has 0 saturated carbocycles. The lowest BCUT2D eigenvalue weighted by atomic mass is 10.1. The van der Waals surface area contributed by atoms with Crippen LogP contribution in [-0.4, -0.2) is 57.8 Å². The van der Waals surface area contributed by atoms with Gasteiger partial charge in [0.25, 0.3) is 0 Å². The predicted octanol–water partition coefficient (Wildman–Crippen LogP) is 3.88. The van der Waals surface area contributed by atoms with Crippen molar-refractivity contribution in [1.29, 1.82) is 0 Å². The van der Waals surface area contributed by atoms with Crippen molar-refractivity contribution in [2.75, 3.05) is 51.8 Å². The minimum Gasteiger partial charge on any atom is -0.378 e. The summed E-state index contributed by atoms with van der Waals surface area (Å²) in [6.07, 6.45) is 4.06. The fourth-order valence-electron chi connectivity index (χ4n) is 2.92. The van der Waals surface area contributed by atoms with Crippen LogP contribution in [0, 0.1) is 0 Å². The van der Waals surface area contributed by atoms with E-state index < -0.39 is 0 Å². The van der Waals surface area contributed by atoms with Crippen LogP contribution in [-0.2, 0) is 11.3 Å². The summed E-state index contributed by atoms with van der Waals surface area (Å²) in [7, 11) is 3.90. The first-order valence-corrected chi connectivity index (χ1v) is 9.58. The highest BCUT2D eigenvalue weighted by Crippen LogP contribution is 2.26. The second kappa shape index (κ2) is 12.6. The number of ether oxygens (including phenoxy) is 1. The van der Waals surface area contributed by atoms with Gasteiger partial charge in [-0.05, 0) is 30.5 Å². The molecule has 7 heteroatoms. The molecular formula is C19H30BrIN4O. The average molecular weight is 537 g/mol. The van der Waals surface area contributed by atoms with Crippen LogP contribution in [0.25, 0.3) is 0 Å². The number of morpholine rings is 1. The van der Waals surface area contributed by atoms with Crippen LogP contribution in [0.15, 0.2) is 40.3 Å². The summed E-state index contributed by atoms with van der Waals surface area (Å²) in [6, 6.07) is 6.46. The lowest BCUT2D eigenvalue weighted by Crippen LogP contribution is -2.40. The van der Waals surface area contributed by atoms with Gasteiger partial charge in [-0.15, -0.1) is 30.6 Å². The van der Waals surface area contributed by atoms with E-state index in [0.717, 1.165) is 62.7 Å². The Morgan fingerprint density at radius 2 is 2.15 bits per heavy atom. The number of nitrogens with one attached hydrogen (secondary N) is 1. The zero-order valence-electron chi connectivity index (χ0n) is 15.7. The second-order valence-corrected chi connectivity index (χ2v) is 7.04. The lowest BCUT2D eigenvalue weighted by molar-refractivity contribution is 0.122. The first-order chi connectivity index (χ1) is 12.2. The van der Waals surface area contributed by atoms with Gasteiger partial charge in [-0.1, -0.05) is 28.1 Å². The molecule has 0 unspecified atom stereocenters. The molecule has 146 valence electrons. The van der Waals surface area contributed by atoms with E-state index in [-0.39, 0.29) is 24.0 Å². The van der Waals surface area contributed by atoms with Crippen molar-refractivity contribution >= 4 is 51.6 Å². The van der Waals surface area contributed by atoms with Gasteiger partial charge in [0, 0.05) is 50.4 Å². The quantitative estimate of drug-likeness (QED) is 0.189. The Bertz CT molecular complexity index is 591. The van der Waals surface area contributed by atoms with Gasteiger partial charge in [0.1, 0.15) is 0 Å². The molecule has 1 fully saturated rings. The highest BCUT2D eigenvalue weighted by atomic mass is 127. The Kier molecular flexibility index (Phi) is 11.2. The topological polar surface area (TPSA) is 40.1 Å². The minimum atomic E-state index is 0. The SMILES string of the molecule is C=CCCCN(C)C(=NC)NCc1ccc(Br)cc1N1CCOCC1.I. The van der Waals surface area contributed by atoms with Crippen molar-refractivity contribution in [3.63, 3.8) is 0 Å². The number of halogens is 2. The van der Waals surface area contributed by atoms with Gasteiger partial charge in [0.2, 0.25) is 0 Å². The maximum atomic E-state index is 5.48. The van der Waals surface area contributed by atoms with E-state index in [1.165, 1.54) is 11.3 Å². The molecule has 0 spiro atoms. The number of hydrogen-bond donors (Lipinski definition) is 1. The third-order valence-electron chi connectivity index (χ3n) is 4.31. The highest BCUT2D eigenvalue weighted by Gasteiger charge is 2.16. The number of nitrogens with zero attached hydrogens (tertiary/aromatic N) is 3. The van der Waals surface area contributed by atoms with Crippen molar-refractivity contribution in [2.45, 2.75) is 19.4 Å². The first kappa shape index (κ1) is 23.2. The summed E-state index contributed by atoms with van der Waals surface area (Å²) in [6.45, 7) is 8.92. The number of benzene rings is 1. The third-order valence-corrected chi connectivity index (χ3v) is 4.80. The molecule has 0 amide bonds. The predicted molar refractivity (Wildman–Crippen MR) is 125 cm³/mol. The standard InChI is InChI=1S/C19H29BrN4O.HI/c1-4-5-6-9-23(3)19(21-2)22-15-16-7-8-17(20)14-18(16)24-10-12-25-13-11-24;/h4,7-8,14H,1,5-6,9-13,15H2,2-3H3,(H,21,22);1H. The zero-order chi connectivity index (χ0) is 18.1. The number of rotatable bonds is 7. The number of anilines is 1. The van der Waals surface area contributed by atoms with Crippen molar-refractivity contribution in [2.24, 2.45) is 4.99 Å². The van der Waals surface area contributed by atoms with Crippen LogP contribution >= 0.6 is 39.9 Å². The molecule has 5 nitrogen and oxygen atoms in total. The molecule has 1 aromatic carbocycles. The zero-order valence-corrected chi connectivity index (χ0v) is 19.6. The minimum absolute atomic E-state index is 0. The van der Waals surface area contributed by atoms with Gasteiger partial charge >= 0.3 is 0 Å². The molecule has 0 radical (unpaired) electrons. The number of hydrogen-bond acceptors (Lipinski definition) is 3. The van der Waals surface area contributed by atoms with Crippen molar-refractivity contribution in [1.82, 2.24) is 10.2 Å². The van der Waals surface area contributed by atoms with E-state index in [1.54, 1.807) is 0 Å². The van der Waals surface area contributed by atoms with Crippen LogP contribution in [0.4, 0.5) is 5.69 Å². The van der Waals surface area contributed by atoms with Crippen LogP contribution in [0.5, 0.6) is 0 Å². The van der Waals surface area contributed by atoms with Gasteiger partial charge in [0.05, 0.1) is 13.2 Å². The van der Waals surface area contributed by atoms with E-state index in [1.807, 2.05) is 13.1 Å². The first-order valence-electron chi connectivity index (χ1n) is 8.79. The molecule has 0 atom stereocenters. The number of guanidine groups is 1. The van der Waals surface area contributed by atoms with Gasteiger partial charge < -0.3 is 19.9 Å². The van der Waals surface area contributed by atoms with Gasteiger partial charge in [-0.2, -0.15) is 0 Å². The number of aliphatic imine (C=N–C) groups is 1. The second-order valence-electron chi connectivity index (χ2n) is 6.13. The van der Waals surface area contributed by atoms with Crippen LogP contribution in [0.1, 0.15) is 18.4 Å². The van der Waals surface area contributed by atoms with E-state index in [4.69, 9.17) is 4.74 Å². The van der Waals surface area contributed by atoms with E-state index in [9.17, 15) is 0 Å². The van der Waals surface area contributed by atoms with E-state index in [0.29, 0.717) is 0 Å². The summed E-state index contributed by atoms with van der Waals surface area (Å²) in [5, 5.41) is 3.49. The molecule has 2 rings (SSSR count). The molecule has 1 heterocycles. The molecule has 1 N–H and O–H groups in total. The van der Waals surface area contributed by atoms with Crippen molar-refractivity contribution in [3.8, 4) is 0 Å². The molecule has 1 aliphatic heterocycles. The number of unbranched alkanes of at least 4 members (excludes halogenated alkanes) is 1. The monoisotopic (exact) mass is 536 g/mol. The molecule has 0 aliphatic carbocycles. The highest BCUT2D eigenvalue weighted by molar-refractivity contribution is 14.0. The average Bonchev–Trinajstić information content (AvgIpc) is 2.64. The summed E-state index contributed by atoms with van der Waals surface area (Å²) in [4.78, 5) is 8.96. The van der Waals surface area contributed by atoms with Crippen LogP contribution < -0.4 is 10.2 Å². The molecule has 0 aromatic heterocycles. The summed E-state index contributed by atoms with van der Waals surface area (Å²) >= 11 is 3.60. The van der Waals surface area contributed by atoms with Crippen LogP contribution in [0.2, 0.25) is 0 Å². The normalized spacial score (nSPS) is 14.6. The summed E-state index contributed by atoms with van der Waals surface area (Å²) < 4.78 is 6.58. The maximum Gasteiger partial charge on any atom is 0.193 e. The Hall–Kier alpha value is -0.800. The number of allylic oxidation sites excluding steroid dienone is 1. The third kappa shape index (κ3) is 7.08. The Morgan fingerprint density at radius 1 is 1.42 bits per heavy atom. The molecule has 0 bridgehead atoms. The fraction of sp³-hybridized carbons (Fsp3) is 0.526. The largest absolute Gasteiger partial charge is 0.378 e. The molecule has 1 aliphatic rings. The van der Waals surface area contributed by atoms with Crippen molar-refractivity contribution in [3.05, 3.63) is 40.9 Å². The summed E-state index contributed by atoms with van der Waals surface area (Å²) in [5.41, 5.74) is 2.53. The molecule has 1 saturated heterocycles. The lowest BCUT2D eigenvalue weighted by Gasteiger charge is -2.31. The molecule has 26 heavy (non-hydrogen) atoms. The summed E-state index contributed by atoms with van der Waals surface area (Å²) in [5.74, 6) is 0.917. The van der Waals surface area contributed by atoms with Gasteiger partial charge in [-0.3, -0.25) is 4.99 Å². The maximum absolute atomic E-state index is 5.48. The van der Waals surface area contributed by atoms with E-state index in [2.05, 4.69) is 67.9 Å². The molecular weight excluding hydrogens is 507 g/mol. The Morgan fingerprint density at radius 3 is 2.81 bits per heavy atom. The van der Waals surface area contributed by atoms with Gasteiger partial charge in [0.15, 0.2) is 5.96 Å². The molecule has 1 aromatic rings. The fourth-order valence-corrected chi connectivity index (χ4v) is 3.27. The van der Waals surface area contributed by atoms with Gasteiger partial charge in [-0.25, -0.2) is 0 Å². The Labute approximate surface area is 183 Å². The van der Waals surface area contributed by atoms with E-state index >= 15 is 0 Å². The Balaban J connectivity index is 0.00000338. The van der Waals surface area contributed by atoms with Crippen LogP contribution in [0.3, 0.4) is 0 Å². The van der Waals surface area contributed by atoms with Crippen molar-refractivity contribution < 1.29 is 4.74 Å².